The summed E-state index contributed by atoms with van der Waals surface area (Å²) in [6.07, 6.45) is 0. The van der Waals surface area contributed by atoms with Crippen LogP contribution in [0, 0.1) is 6.92 Å². The maximum Gasteiger partial charge on any atom is 0.148 e. The average Bonchev–Trinajstić information content (AvgIpc) is 2.58. The average molecular weight is 279 g/mol. The van der Waals surface area contributed by atoms with Gasteiger partial charge in [0, 0.05) is 10.4 Å². The van der Waals surface area contributed by atoms with Gasteiger partial charge in [-0.25, -0.2) is 4.98 Å². The number of hydrogen-bond donors (Lipinski definition) is 0. The Hall–Kier alpha value is -0.280. The number of thiophene rings is 1. The third-order valence-electron chi connectivity index (χ3n) is 2.00. The lowest BCUT2D eigenvalue weighted by atomic mass is 10.2. The van der Waals surface area contributed by atoms with Crippen LogP contribution < -0.4 is 0 Å². The van der Waals surface area contributed by atoms with E-state index in [-0.39, 0.29) is 5.15 Å². The summed E-state index contributed by atoms with van der Waals surface area (Å²) in [4.78, 5) is 5.34. The highest BCUT2D eigenvalue weighted by Gasteiger charge is 2.12. The summed E-state index contributed by atoms with van der Waals surface area (Å²) in [7, 11) is 0. The summed E-state index contributed by atoms with van der Waals surface area (Å²) >= 11 is 19.4. The Balaban J connectivity index is 2.64. The molecule has 78 valence electrons. The monoisotopic (exact) mass is 277 g/mol. The molecular formula is C10H6Cl3NS. The summed E-state index contributed by atoms with van der Waals surface area (Å²) in [5.41, 5.74) is 1.69. The van der Waals surface area contributed by atoms with Crippen molar-refractivity contribution in [1.29, 1.82) is 0 Å². The molecule has 0 unspecified atom stereocenters. The third kappa shape index (κ3) is 2.13. The first-order chi connectivity index (χ1) is 7.09. The summed E-state index contributed by atoms with van der Waals surface area (Å²) in [5.74, 6) is 0. The minimum atomic E-state index is 0.279. The van der Waals surface area contributed by atoms with E-state index >= 15 is 0 Å². The van der Waals surface area contributed by atoms with Crippen LogP contribution >= 0.6 is 46.1 Å². The van der Waals surface area contributed by atoms with Crippen LogP contribution in [-0.4, -0.2) is 4.98 Å². The molecule has 0 fully saturated rings. The minimum absolute atomic E-state index is 0.279. The Labute approximate surface area is 107 Å². The maximum atomic E-state index is 6.06. The molecule has 1 nitrogen and oxygen atoms in total. The van der Waals surface area contributed by atoms with E-state index in [0.717, 1.165) is 10.4 Å². The minimum Gasteiger partial charge on any atom is -0.233 e. The van der Waals surface area contributed by atoms with Crippen molar-refractivity contribution in [3.63, 3.8) is 0 Å². The molecule has 0 amide bonds. The fourth-order valence-corrected chi connectivity index (χ4v) is 2.56. The number of nitrogens with zero attached hydrogens (tertiary/aromatic N) is 1. The van der Waals surface area contributed by atoms with Crippen molar-refractivity contribution < 1.29 is 0 Å². The molecule has 0 aliphatic rings. The van der Waals surface area contributed by atoms with Crippen molar-refractivity contribution in [3.8, 4) is 11.3 Å². The summed E-state index contributed by atoms with van der Waals surface area (Å²) in [6.45, 7) is 2.01. The van der Waals surface area contributed by atoms with Crippen molar-refractivity contribution in [2.75, 3.05) is 0 Å². The number of aromatic nitrogens is 1. The molecule has 2 aromatic rings. The highest BCUT2D eigenvalue weighted by Crippen LogP contribution is 2.35. The van der Waals surface area contributed by atoms with Crippen molar-refractivity contribution >= 4 is 46.1 Å². The van der Waals surface area contributed by atoms with Gasteiger partial charge in [-0.1, -0.05) is 34.8 Å². The van der Waals surface area contributed by atoms with Gasteiger partial charge in [0.05, 0.1) is 15.7 Å². The Morgan fingerprint density at radius 3 is 2.53 bits per heavy atom. The van der Waals surface area contributed by atoms with Gasteiger partial charge in [0.1, 0.15) is 5.15 Å². The number of pyridine rings is 1. The molecule has 0 aromatic carbocycles. The van der Waals surface area contributed by atoms with E-state index in [1.807, 2.05) is 18.4 Å². The van der Waals surface area contributed by atoms with Crippen LogP contribution in [0.15, 0.2) is 17.5 Å². The van der Waals surface area contributed by atoms with E-state index in [1.54, 1.807) is 17.4 Å². The Morgan fingerprint density at radius 1 is 1.20 bits per heavy atom. The fraction of sp³-hybridized carbons (Fsp3) is 0.100. The fourth-order valence-electron chi connectivity index (χ4n) is 1.26. The lowest BCUT2D eigenvalue weighted by molar-refractivity contribution is 1.32. The van der Waals surface area contributed by atoms with Crippen molar-refractivity contribution in [3.05, 3.63) is 37.6 Å². The number of hydrogen-bond acceptors (Lipinski definition) is 2. The van der Waals surface area contributed by atoms with E-state index in [0.29, 0.717) is 15.7 Å². The highest BCUT2D eigenvalue weighted by atomic mass is 35.5. The molecule has 15 heavy (non-hydrogen) atoms. The lowest BCUT2D eigenvalue weighted by Gasteiger charge is -2.04. The molecule has 5 heteroatoms. The quantitative estimate of drug-likeness (QED) is 0.663. The standard InChI is InChI=1S/C10H6Cl3NS/c1-5-6(2-3-15-5)9-7(11)4-8(12)10(13)14-9/h2-4H,1H3. The van der Waals surface area contributed by atoms with Gasteiger partial charge in [-0.05, 0) is 24.4 Å². The molecule has 0 saturated heterocycles. The molecule has 0 N–H and O–H groups in total. The van der Waals surface area contributed by atoms with Crippen LogP contribution in [0.4, 0.5) is 0 Å². The third-order valence-corrected chi connectivity index (χ3v) is 3.81. The Bertz CT molecular complexity index is 507. The molecule has 2 heterocycles. The maximum absolute atomic E-state index is 6.06. The predicted octanol–water partition coefficient (Wildman–Crippen LogP) is 5.08. The second-order valence-corrected chi connectivity index (χ2v) is 5.27. The van der Waals surface area contributed by atoms with Crippen molar-refractivity contribution in [2.45, 2.75) is 6.92 Å². The van der Waals surface area contributed by atoms with Crippen LogP contribution in [0.1, 0.15) is 4.88 Å². The van der Waals surface area contributed by atoms with Gasteiger partial charge < -0.3 is 0 Å². The van der Waals surface area contributed by atoms with Gasteiger partial charge in [-0.2, -0.15) is 0 Å². The molecule has 2 aromatic heterocycles. The van der Waals surface area contributed by atoms with E-state index < -0.39 is 0 Å². The summed E-state index contributed by atoms with van der Waals surface area (Å²) in [5, 5.41) is 3.16. The van der Waals surface area contributed by atoms with Crippen molar-refractivity contribution in [2.24, 2.45) is 0 Å². The first-order valence-corrected chi connectivity index (χ1v) is 6.17. The lowest BCUT2D eigenvalue weighted by Crippen LogP contribution is -1.86. The largest absolute Gasteiger partial charge is 0.233 e. The number of aryl methyl sites for hydroxylation is 1. The van der Waals surface area contributed by atoms with E-state index in [4.69, 9.17) is 34.8 Å². The zero-order valence-electron chi connectivity index (χ0n) is 7.72. The van der Waals surface area contributed by atoms with Gasteiger partial charge in [0.15, 0.2) is 0 Å². The van der Waals surface area contributed by atoms with Gasteiger partial charge in [-0.3, -0.25) is 0 Å². The highest BCUT2D eigenvalue weighted by molar-refractivity contribution is 7.10. The molecule has 0 aliphatic carbocycles. The van der Waals surface area contributed by atoms with Gasteiger partial charge in [-0.15, -0.1) is 11.3 Å². The zero-order chi connectivity index (χ0) is 11.0. The molecule has 0 spiro atoms. The van der Waals surface area contributed by atoms with E-state index in [1.165, 1.54) is 0 Å². The van der Waals surface area contributed by atoms with E-state index in [2.05, 4.69) is 4.98 Å². The molecule has 0 radical (unpaired) electrons. The Morgan fingerprint density at radius 2 is 1.93 bits per heavy atom. The number of rotatable bonds is 1. The van der Waals surface area contributed by atoms with Gasteiger partial charge >= 0.3 is 0 Å². The predicted molar refractivity (Wildman–Crippen MR) is 67.3 cm³/mol. The van der Waals surface area contributed by atoms with Crippen LogP contribution in [0.25, 0.3) is 11.3 Å². The summed E-state index contributed by atoms with van der Waals surface area (Å²) in [6, 6.07) is 3.59. The molecular weight excluding hydrogens is 273 g/mol. The molecule has 0 bridgehead atoms. The zero-order valence-corrected chi connectivity index (χ0v) is 10.8. The molecule has 0 saturated carbocycles. The first kappa shape index (κ1) is 11.2. The van der Waals surface area contributed by atoms with Crippen LogP contribution in [0.5, 0.6) is 0 Å². The van der Waals surface area contributed by atoms with Crippen LogP contribution in [-0.2, 0) is 0 Å². The second kappa shape index (κ2) is 4.30. The van der Waals surface area contributed by atoms with Crippen LogP contribution in [0.2, 0.25) is 15.2 Å². The molecule has 2 rings (SSSR count). The second-order valence-electron chi connectivity index (χ2n) is 2.98. The molecule has 0 aliphatic heterocycles. The van der Waals surface area contributed by atoms with E-state index in [9.17, 15) is 0 Å². The Kier molecular flexibility index (Phi) is 3.21. The van der Waals surface area contributed by atoms with Crippen LogP contribution in [0.3, 0.4) is 0 Å². The first-order valence-electron chi connectivity index (χ1n) is 4.15. The smallest absolute Gasteiger partial charge is 0.148 e. The number of halogens is 3. The topological polar surface area (TPSA) is 12.9 Å². The summed E-state index contributed by atoms with van der Waals surface area (Å²) < 4.78 is 0. The normalized spacial score (nSPS) is 10.7. The molecule has 0 atom stereocenters. The van der Waals surface area contributed by atoms with Gasteiger partial charge in [0.25, 0.3) is 0 Å². The SMILES string of the molecule is Cc1sccc1-c1nc(Cl)c(Cl)cc1Cl. The van der Waals surface area contributed by atoms with Crippen molar-refractivity contribution in [1.82, 2.24) is 4.98 Å². The van der Waals surface area contributed by atoms with Gasteiger partial charge in [0.2, 0.25) is 0 Å².